The largest absolute Gasteiger partial charge is 0.347 e. The van der Waals surface area contributed by atoms with E-state index in [2.05, 4.69) is 18.3 Å². The Morgan fingerprint density at radius 1 is 1.25 bits per heavy atom. The Bertz CT molecular complexity index is 632. The molecule has 0 saturated carbocycles. The zero-order valence-electron chi connectivity index (χ0n) is 11.8. The molecule has 4 nitrogen and oxygen atoms in total. The van der Waals surface area contributed by atoms with Gasteiger partial charge < -0.3 is 14.8 Å². The molecule has 1 aromatic heterocycles. The first kappa shape index (κ1) is 12.9. The third kappa shape index (κ3) is 2.23. The smallest absolute Gasteiger partial charge is 0.274 e. The van der Waals surface area contributed by atoms with Crippen LogP contribution in [0.25, 0.3) is 0 Å². The van der Waals surface area contributed by atoms with Gasteiger partial charge in [-0.3, -0.25) is 4.79 Å². The minimum absolute atomic E-state index is 0.0560. The summed E-state index contributed by atoms with van der Waals surface area (Å²) in [5.74, 6) is 0.0560. The third-order valence-corrected chi connectivity index (χ3v) is 3.79. The van der Waals surface area contributed by atoms with Crippen molar-refractivity contribution < 1.29 is 4.79 Å². The molecule has 20 heavy (non-hydrogen) atoms. The normalized spacial score (nSPS) is 18.5. The molecule has 2 aromatic rings. The number of fused-ring (bicyclic) bond motifs is 1. The number of amides is 1. The van der Waals surface area contributed by atoms with E-state index in [0.717, 1.165) is 12.2 Å². The molecule has 0 aliphatic carbocycles. The lowest BCUT2D eigenvalue weighted by Crippen LogP contribution is -2.40. The van der Waals surface area contributed by atoms with Gasteiger partial charge in [0.1, 0.15) is 5.69 Å². The van der Waals surface area contributed by atoms with Crippen LogP contribution in [0, 0.1) is 0 Å². The number of hydrogen-bond donors (Lipinski definition) is 1. The number of nitrogens with zero attached hydrogens (tertiary/aromatic N) is 2. The summed E-state index contributed by atoms with van der Waals surface area (Å²) < 4.78 is 1.87. The maximum absolute atomic E-state index is 12.8. The van der Waals surface area contributed by atoms with Crippen molar-refractivity contribution >= 4 is 11.6 Å². The van der Waals surface area contributed by atoms with Gasteiger partial charge in [-0.15, -0.1) is 0 Å². The molecule has 1 aromatic carbocycles. The van der Waals surface area contributed by atoms with Crippen LogP contribution < -0.4 is 10.2 Å². The van der Waals surface area contributed by atoms with Crippen LogP contribution in [0.4, 0.5) is 5.69 Å². The molecule has 1 aliphatic rings. The molecule has 1 aliphatic heterocycles. The fraction of sp³-hybridized carbons (Fsp3) is 0.312. The number of benzene rings is 1. The van der Waals surface area contributed by atoms with E-state index in [0.29, 0.717) is 12.2 Å². The van der Waals surface area contributed by atoms with Crippen molar-refractivity contribution in [2.24, 2.45) is 7.05 Å². The summed E-state index contributed by atoms with van der Waals surface area (Å²) in [5, 5.41) is 3.44. The van der Waals surface area contributed by atoms with Gasteiger partial charge in [-0.1, -0.05) is 18.2 Å². The van der Waals surface area contributed by atoms with Gasteiger partial charge in [0.15, 0.2) is 0 Å². The highest BCUT2D eigenvalue weighted by molar-refractivity contribution is 6.05. The molecule has 0 spiro atoms. The summed E-state index contributed by atoms with van der Waals surface area (Å²) >= 11 is 0. The van der Waals surface area contributed by atoms with Crippen LogP contribution >= 0.6 is 0 Å². The zero-order chi connectivity index (χ0) is 14.1. The minimum Gasteiger partial charge on any atom is -0.347 e. The van der Waals surface area contributed by atoms with Gasteiger partial charge in [0.05, 0.1) is 0 Å². The second-order valence-electron chi connectivity index (χ2n) is 5.33. The van der Waals surface area contributed by atoms with Gasteiger partial charge in [-0.2, -0.15) is 0 Å². The Morgan fingerprint density at radius 3 is 2.80 bits per heavy atom. The first-order chi connectivity index (χ1) is 9.66. The Balaban J connectivity index is 2.03. The summed E-state index contributed by atoms with van der Waals surface area (Å²) in [6.07, 6.45) is 1.90. The fourth-order valence-corrected chi connectivity index (χ4v) is 2.66. The molecule has 1 unspecified atom stereocenters. The minimum atomic E-state index is 0.0560. The standard InChI is InChI=1S/C16H19N3O/c1-12-11-19(16(20)15-8-5-9-18(15)2)14-7-4-3-6-13(14)10-17-12/h3-9,12,17H,10-11H2,1-2H3. The number of aryl methyl sites for hydroxylation is 1. The molecule has 1 N–H and O–H groups in total. The van der Waals surface area contributed by atoms with E-state index in [9.17, 15) is 4.79 Å². The molecule has 0 bridgehead atoms. The second-order valence-corrected chi connectivity index (χ2v) is 5.33. The van der Waals surface area contributed by atoms with Crippen LogP contribution in [0.15, 0.2) is 42.6 Å². The number of aromatic nitrogens is 1. The van der Waals surface area contributed by atoms with Crippen molar-refractivity contribution in [3.8, 4) is 0 Å². The summed E-state index contributed by atoms with van der Waals surface area (Å²) in [5.41, 5.74) is 2.89. The molecule has 104 valence electrons. The Kier molecular flexibility index (Phi) is 3.32. The van der Waals surface area contributed by atoms with E-state index in [1.165, 1.54) is 5.56 Å². The predicted octanol–water partition coefficient (Wildman–Crippen LogP) is 2.16. The van der Waals surface area contributed by atoms with Crippen molar-refractivity contribution in [1.82, 2.24) is 9.88 Å². The number of carbonyl (C=O) groups is 1. The van der Waals surface area contributed by atoms with Gasteiger partial charge >= 0.3 is 0 Å². The average Bonchev–Trinajstić information content (AvgIpc) is 2.80. The molecule has 0 fully saturated rings. The van der Waals surface area contributed by atoms with Crippen LogP contribution in [0.1, 0.15) is 23.0 Å². The van der Waals surface area contributed by atoms with Gasteiger partial charge in [0.25, 0.3) is 5.91 Å². The Hall–Kier alpha value is -2.07. The van der Waals surface area contributed by atoms with Crippen LogP contribution in [0.5, 0.6) is 0 Å². The molecule has 4 heteroatoms. The van der Waals surface area contributed by atoms with Crippen molar-refractivity contribution in [3.05, 3.63) is 53.9 Å². The number of para-hydroxylation sites is 1. The molecule has 2 heterocycles. The van der Waals surface area contributed by atoms with Crippen LogP contribution in [0.2, 0.25) is 0 Å². The van der Waals surface area contributed by atoms with Crippen molar-refractivity contribution in [2.75, 3.05) is 11.4 Å². The molecule has 0 saturated heterocycles. The van der Waals surface area contributed by atoms with Crippen molar-refractivity contribution in [3.63, 3.8) is 0 Å². The molecule has 1 amide bonds. The Labute approximate surface area is 119 Å². The summed E-state index contributed by atoms with van der Waals surface area (Å²) in [6.45, 7) is 3.59. The van der Waals surface area contributed by atoms with Gasteiger partial charge in [-0.05, 0) is 30.7 Å². The van der Waals surface area contributed by atoms with Crippen molar-refractivity contribution in [2.45, 2.75) is 19.5 Å². The molecule has 1 atom stereocenters. The first-order valence-corrected chi connectivity index (χ1v) is 6.91. The van der Waals surface area contributed by atoms with Crippen molar-refractivity contribution in [1.29, 1.82) is 0 Å². The predicted molar refractivity (Wildman–Crippen MR) is 79.8 cm³/mol. The SMILES string of the molecule is CC1CN(C(=O)c2cccn2C)c2ccccc2CN1. The highest BCUT2D eigenvalue weighted by atomic mass is 16.2. The van der Waals surface area contributed by atoms with E-state index in [-0.39, 0.29) is 11.9 Å². The van der Waals surface area contributed by atoms with Crippen LogP contribution in [-0.2, 0) is 13.6 Å². The van der Waals surface area contributed by atoms with Gasteiger partial charge in [0, 0.05) is 38.1 Å². The van der Waals surface area contributed by atoms with Gasteiger partial charge in [0.2, 0.25) is 0 Å². The number of nitrogens with one attached hydrogen (secondary N) is 1. The van der Waals surface area contributed by atoms with E-state index in [1.54, 1.807) is 0 Å². The molecule has 0 radical (unpaired) electrons. The Morgan fingerprint density at radius 2 is 2.05 bits per heavy atom. The summed E-state index contributed by atoms with van der Waals surface area (Å²) in [7, 11) is 1.90. The lowest BCUT2D eigenvalue weighted by Gasteiger charge is -2.24. The van der Waals surface area contributed by atoms with E-state index >= 15 is 0 Å². The molecule has 3 rings (SSSR count). The first-order valence-electron chi connectivity index (χ1n) is 6.91. The monoisotopic (exact) mass is 269 g/mol. The number of anilines is 1. The molecular weight excluding hydrogens is 250 g/mol. The third-order valence-electron chi connectivity index (χ3n) is 3.79. The highest BCUT2D eigenvalue weighted by Gasteiger charge is 2.25. The maximum Gasteiger partial charge on any atom is 0.274 e. The number of hydrogen-bond acceptors (Lipinski definition) is 2. The van der Waals surface area contributed by atoms with Crippen LogP contribution in [-0.4, -0.2) is 23.1 Å². The van der Waals surface area contributed by atoms with E-state index < -0.39 is 0 Å². The maximum atomic E-state index is 12.8. The average molecular weight is 269 g/mol. The molecular formula is C16H19N3O. The quantitative estimate of drug-likeness (QED) is 0.861. The lowest BCUT2D eigenvalue weighted by atomic mass is 10.1. The number of rotatable bonds is 1. The summed E-state index contributed by atoms with van der Waals surface area (Å²) in [4.78, 5) is 14.7. The lowest BCUT2D eigenvalue weighted by molar-refractivity contribution is 0.0977. The van der Waals surface area contributed by atoms with E-state index in [1.807, 2.05) is 53.0 Å². The second kappa shape index (κ2) is 5.13. The zero-order valence-corrected chi connectivity index (χ0v) is 11.8. The highest BCUT2D eigenvalue weighted by Crippen LogP contribution is 2.25. The topological polar surface area (TPSA) is 37.3 Å². The van der Waals surface area contributed by atoms with Crippen LogP contribution in [0.3, 0.4) is 0 Å². The summed E-state index contributed by atoms with van der Waals surface area (Å²) in [6, 6.07) is 12.1. The van der Waals surface area contributed by atoms with E-state index in [4.69, 9.17) is 0 Å². The fourth-order valence-electron chi connectivity index (χ4n) is 2.66. The van der Waals surface area contributed by atoms with Gasteiger partial charge in [-0.25, -0.2) is 0 Å². The number of carbonyl (C=O) groups excluding carboxylic acids is 1.